The summed E-state index contributed by atoms with van der Waals surface area (Å²) in [5, 5.41) is 13.1. The minimum atomic E-state index is -2.76. The number of rotatable bonds is 1. The molecular weight excluding hydrogens is 188 g/mol. The summed E-state index contributed by atoms with van der Waals surface area (Å²) in [6.07, 6.45) is 5.57. The van der Waals surface area contributed by atoms with Crippen LogP contribution in [-0.2, 0) is 0 Å². The Kier molecular flexibility index (Phi) is 2.20. The number of hydrogen-bond donors (Lipinski definition) is 2. The number of nitrogens with one attached hydrogen (secondary N) is 1. The van der Waals surface area contributed by atoms with Gasteiger partial charge in [-0.3, -0.25) is 0 Å². The van der Waals surface area contributed by atoms with Gasteiger partial charge in [0.05, 0.1) is 6.04 Å². The molecule has 1 aliphatic carbocycles. The van der Waals surface area contributed by atoms with Crippen molar-refractivity contribution in [1.29, 1.82) is 0 Å². The maximum absolute atomic E-state index is 12.8. The molecule has 2 N–H and O–H groups in total. The lowest BCUT2D eigenvalue weighted by Crippen LogP contribution is -2.48. The van der Waals surface area contributed by atoms with Gasteiger partial charge in [0.25, 0.3) is 5.92 Å². The number of allylic oxidation sites excluding steroid dienone is 1. The highest BCUT2D eigenvalue weighted by atomic mass is 19.3. The topological polar surface area (TPSA) is 32.3 Å². The van der Waals surface area contributed by atoms with E-state index in [1.807, 2.05) is 12.2 Å². The fourth-order valence-corrected chi connectivity index (χ4v) is 1.87. The lowest BCUT2D eigenvalue weighted by Gasteiger charge is -2.35. The summed E-state index contributed by atoms with van der Waals surface area (Å²) < 4.78 is 25.6. The molecule has 2 aliphatic rings. The molecule has 1 heterocycles. The van der Waals surface area contributed by atoms with Crippen LogP contribution in [0, 0.1) is 0 Å². The van der Waals surface area contributed by atoms with E-state index in [0.29, 0.717) is 6.54 Å². The number of alkyl halides is 2. The van der Waals surface area contributed by atoms with Crippen molar-refractivity contribution in [2.75, 3.05) is 6.54 Å². The van der Waals surface area contributed by atoms with E-state index in [9.17, 15) is 13.9 Å². The van der Waals surface area contributed by atoms with Crippen molar-refractivity contribution in [2.45, 2.75) is 30.4 Å². The molecule has 0 amide bonds. The Morgan fingerprint density at radius 3 is 2.57 bits per heavy atom. The normalized spacial score (nSPS) is 40.4. The highest BCUT2D eigenvalue weighted by molar-refractivity contribution is 5.22. The van der Waals surface area contributed by atoms with Crippen LogP contribution < -0.4 is 5.32 Å². The number of aliphatic hydroxyl groups is 1. The van der Waals surface area contributed by atoms with Crippen molar-refractivity contribution in [1.82, 2.24) is 5.32 Å². The van der Waals surface area contributed by atoms with E-state index in [1.165, 1.54) is 6.08 Å². The Morgan fingerprint density at radius 1 is 1.29 bits per heavy atom. The fourth-order valence-electron chi connectivity index (χ4n) is 1.87. The number of halogens is 2. The van der Waals surface area contributed by atoms with Gasteiger partial charge in [-0.05, 0) is 18.6 Å². The molecule has 0 aromatic rings. The second-order valence-corrected chi connectivity index (χ2v) is 3.90. The van der Waals surface area contributed by atoms with Crippen LogP contribution in [0.15, 0.2) is 24.3 Å². The first-order valence-electron chi connectivity index (χ1n) is 4.73. The molecule has 2 nitrogen and oxygen atoms in total. The van der Waals surface area contributed by atoms with Crippen molar-refractivity contribution < 1.29 is 13.9 Å². The molecule has 0 saturated heterocycles. The van der Waals surface area contributed by atoms with Crippen LogP contribution in [0.4, 0.5) is 8.78 Å². The van der Waals surface area contributed by atoms with Crippen molar-refractivity contribution >= 4 is 0 Å². The third kappa shape index (κ3) is 1.72. The zero-order valence-corrected chi connectivity index (χ0v) is 7.71. The Hall–Kier alpha value is -0.740. The predicted octanol–water partition coefficient (Wildman–Crippen LogP) is 1.23. The average Bonchev–Trinajstić information content (AvgIpc) is 2.64. The molecule has 1 aliphatic heterocycles. The van der Waals surface area contributed by atoms with Gasteiger partial charge in [0.15, 0.2) is 0 Å². The SMILES string of the molecule is OC1(C2C=CCN2)C=CC(F)(F)CC1. The first-order valence-corrected chi connectivity index (χ1v) is 4.73. The first-order chi connectivity index (χ1) is 6.52. The highest BCUT2D eigenvalue weighted by Crippen LogP contribution is 2.35. The fraction of sp³-hybridized carbons (Fsp3) is 0.600. The van der Waals surface area contributed by atoms with Crippen molar-refractivity contribution in [3.8, 4) is 0 Å². The Balaban J connectivity index is 2.14. The Morgan fingerprint density at radius 2 is 2.07 bits per heavy atom. The molecule has 0 spiro atoms. The van der Waals surface area contributed by atoms with Crippen LogP contribution in [0.3, 0.4) is 0 Å². The van der Waals surface area contributed by atoms with E-state index in [2.05, 4.69) is 5.32 Å². The second-order valence-electron chi connectivity index (χ2n) is 3.90. The van der Waals surface area contributed by atoms with Crippen LogP contribution in [0.1, 0.15) is 12.8 Å². The van der Waals surface area contributed by atoms with E-state index in [-0.39, 0.29) is 18.9 Å². The minimum Gasteiger partial charge on any atom is -0.384 e. The molecule has 4 heteroatoms. The van der Waals surface area contributed by atoms with Gasteiger partial charge in [0.1, 0.15) is 5.60 Å². The van der Waals surface area contributed by atoms with Crippen molar-refractivity contribution in [2.24, 2.45) is 0 Å². The maximum Gasteiger partial charge on any atom is 0.266 e. The van der Waals surface area contributed by atoms with Gasteiger partial charge >= 0.3 is 0 Å². The largest absolute Gasteiger partial charge is 0.384 e. The third-order valence-electron chi connectivity index (χ3n) is 2.80. The molecule has 14 heavy (non-hydrogen) atoms. The second kappa shape index (κ2) is 3.14. The lowest BCUT2D eigenvalue weighted by atomic mass is 9.83. The summed E-state index contributed by atoms with van der Waals surface area (Å²) in [4.78, 5) is 0. The molecule has 2 atom stereocenters. The molecule has 0 aromatic carbocycles. The van der Waals surface area contributed by atoms with Crippen molar-refractivity contribution in [3.05, 3.63) is 24.3 Å². The van der Waals surface area contributed by atoms with Gasteiger partial charge in [0, 0.05) is 13.0 Å². The van der Waals surface area contributed by atoms with Gasteiger partial charge in [0.2, 0.25) is 0 Å². The Bertz CT molecular complexity index is 288. The van der Waals surface area contributed by atoms with Gasteiger partial charge in [-0.2, -0.15) is 0 Å². The lowest BCUT2D eigenvalue weighted by molar-refractivity contribution is -0.0193. The van der Waals surface area contributed by atoms with Gasteiger partial charge in [-0.1, -0.05) is 12.2 Å². The zero-order valence-electron chi connectivity index (χ0n) is 7.71. The van der Waals surface area contributed by atoms with E-state index < -0.39 is 11.5 Å². The van der Waals surface area contributed by atoms with Gasteiger partial charge < -0.3 is 10.4 Å². The van der Waals surface area contributed by atoms with E-state index >= 15 is 0 Å². The molecule has 2 rings (SSSR count). The first kappa shape index (κ1) is 9.80. The average molecular weight is 201 g/mol. The van der Waals surface area contributed by atoms with Crippen LogP contribution in [0.5, 0.6) is 0 Å². The van der Waals surface area contributed by atoms with Gasteiger partial charge in [-0.25, -0.2) is 8.78 Å². The van der Waals surface area contributed by atoms with E-state index in [1.54, 1.807) is 0 Å². The molecule has 2 unspecified atom stereocenters. The summed E-state index contributed by atoms with van der Waals surface area (Å²) >= 11 is 0. The van der Waals surface area contributed by atoms with E-state index in [4.69, 9.17) is 0 Å². The number of hydrogen-bond acceptors (Lipinski definition) is 2. The van der Waals surface area contributed by atoms with Crippen LogP contribution >= 0.6 is 0 Å². The molecule has 0 saturated carbocycles. The van der Waals surface area contributed by atoms with Gasteiger partial charge in [-0.15, -0.1) is 0 Å². The van der Waals surface area contributed by atoms with E-state index in [0.717, 1.165) is 6.08 Å². The Labute approximate surface area is 81.3 Å². The maximum atomic E-state index is 12.8. The molecule has 0 fully saturated rings. The predicted molar refractivity (Wildman–Crippen MR) is 49.2 cm³/mol. The third-order valence-corrected chi connectivity index (χ3v) is 2.80. The molecule has 78 valence electrons. The highest BCUT2D eigenvalue weighted by Gasteiger charge is 2.41. The summed E-state index contributed by atoms with van der Waals surface area (Å²) in [7, 11) is 0. The summed E-state index contributed by atoms with van der Waals surface area (Å²) in [6.45, 7) is 0.692. The zero-order chi connectivity index (χ0) is 10.2. The van der Waals surface area contributed by atoms with Crippen LogP contribution in [0.2, 0.25) is 0 Å². The van der Waals surface area contributed by atoms with Crippen LogP contribution in [0.25, 0.3) is 0 Å². The minimum absolute atomic E-state index is 0.0957. The summed E-state index contributed by atoms with van der Waals surface area (Å²) in [5.41, 5.74) is -1.14. The van der Waals surface area contributed by atoms with Crippen molar-refractivity contribution in [3.63, 3.8) is 0 Å². The molecule has 0 radical (unpaired) electrons. The quantitative estimate of drug-likeness (QED) is 0.625. The van der Waals surface area contributed by atoms with Crippen LogP contribution in [-0.4, -0.2) is 29.2 Å². The smallest absolute Gasteiger partial charge is 0.266 e. The molecule has 0 aromatic heterocycles. The monoisotopic (exact) mass is 201 g/mol. The summed E-state index contributed by atoms with van der Waals surface area (Å²) in [6, 6.07) is -0.227. The standard InChI is InChI=1S/C10H13F2NO/c11-10(12)5-3-9(14,4-6-10)8-2-1-7-13-8/h1-3,5,8,13-14H,4,6-7H2. The molecular formula is C10H13F2NO. The molecule has 0 bridgehead atoms. The summed E-state index contributed by atoms with van der Waals surface area (Å²) in [5.74, 6) is -2.76.